The first-order valence-electron chi connectivity index (χ1n) is 9.34. The van der Waals surface area contributed by atoms with Gasteiger partial charge in [-0.2, -0.15) is 5.10 Å². The second-order valence-electron chi connectivity index (χ2n) is 6.77. The zero-order chi connectivity index (χ0) is 20.2. The van der Waals surface area contributed by atoms with Gasteiger partial charge in [-0.3, -0.25) is 4.79 Å². The Hall–Kier alpha value is -2.93. The van der Waals surface area contributed by atoms with Crippen molar-refractivity contribution in [2.75, 3.05) is 18.0 Å². The molecule has 7 heteroatoms. The van der Waals surface area contributed by atoms with Crippen LogP contribution in [-0.2, 0) is 0 Å². The molecule has 1 saturated heterocycles. The Bertz CT molecular complexity index is 1040. The van der Waals surface area contributed by atoms with Gasteiger partial charge in [-0.25, -0.2) is 9.82 Å². The summed E-state index contributed by atoms with van der Waals surface area (Å²) in [5.74, 6) is 0.426. The van der Waals surface area contributed by atoms with Gasteiger partial charge in [-0.1, -0.05) is 0 Å². The molecule has 1 fully saturated rings. The lowest BCUT2D eigenvalue weighted by Gasteiger charge is -2.17. The fourth-order valence-corrected chi connectivity index (χ4v) is 3.82. The van der Waals surface area contributed by atoms with Crippen LogP contribution in [0.25, 0.3) is 11.3 Å². The average Bonchev–Trinajstić information content (AvgIpc) is 3.40. The molecule has 0 unspecified atom stereocenters. The summed E-state index contributed by atoms with van der Waals surface area (Å²) >= 11 is 3.32. The molecular formula is C22H19BrFN3O2. The van der Waals surface area contributed by atoms with Crippen LogP contribution in [0.4, 0.5) is 10.1 Å². The van der Waals surface area contributed by atoms with E-state index in [4.69, 9.17) is 4.42 Å². The van der Waals surface area contributed by atoms with Crippen molar-refractivity contribution < 1.29 is 13.6 Å². The van der Waals surface area contributed by atoms with Crippen molar-refractivity contribution in [3.63, 3.8) is 0 Å². The van der Waals surface area contributed by atoms with E-state index in [2.05, 4.69) is 31.4 Å². The molecular weight excluding hydrogens is 437 g/mol. The molecule has 1 aliphatic rings. The maximum Gasteiger partial charge on any atom is 0.271 e. The molecule has 4 rings (SSSR count). The van der Waals surface area contributed by atoms with Crippen molar-refractivity contribution in [3.05, 3.63) is 76.2 Å². The molecule has 0 radical (unpaired) electrons. The number of hydrogen-bond donors (Lipinski definition) is 1. The molecule has 3 aromatic rings. The molecule has 0 bridgehead atoms. The molecule has 1 aliphatic heterocycles. The lowest BCUT2D eigenvalue weighted by Crippen LogP contribution is -2.19. The number of hydrazone groups is 1. The Kier molecular flexibility index (Phi) is 5.76. The van der Waals surface area contributed by atoms with Gasteiger partial charge in [0, 0.05) is 34.4 Å². The summed E-state index contributed by atoms with van der Waals surface area (Å²) < 4.78 is 19.5. The Balaban J connectivity index is 1.37. The van der Waals surface area contributed by atoms with Crippen LogP contribution in [0.5, 0.6) is 0 Å². The van der Waals surface area contributed by atoms with Gasteiger partial charge in [0.05, 0.1) is 6.21 Å². The number of halogens is 2. The predicted molar refractivity (Wildman–Crippen MR) is 115 cm³/mol. The van der Waals surface area contributed by atoms with Gasteiger partial charge in [0.15, 0.2) is 0 Å². The minimum atomic E-state index is -0.329. The number of nitrogens with one attached hydrogen (secondary N) is 1. The summed E-state index contributed by atoms with van der Waals surface area (Å²) in [5.41, 5.74) is 4.91. The van der Waals surface area contributed by atoms with Crippen LogP contribution in [0.2, 0.25) is 0 Å². The molecule has 1 amide bonds. The van der Waals surface area contributed by atoms with E-state index in [-0.39, 0.29) is 11.7 Å². The van der Waals surface area contributed by atoms with Crippen molar-refractivity contribution in [2.24, 2.45) is 5.10 Å². The summed E-state index contributed by atoms with van der Waals surface area (Å²) in [6.07, 6.45) is 3.85. The topological polar surface area (TPSA) is 57.8 Å². The van der Waals surface area contributed by atoms with Crippen LogP contribution in [-0.4, -0.2) is 25.2 Å². The highest BCUT2D eigenvalue weighted by molar-refractivity contribution is 9.10. The minimum Gasteiger partial charge on any atom is -0.455 e. The van der Waals surface area contributed by atoms with Crippen molar-refractivity contribution in [3.8, 4) is 11.3 Å². The number of amides is 1. The van der Waals surface area contributed by atoms with Gasteiger partial charge in [0.1, 0.15) is 17.3 Å². The first-order valence-corrected chi connectivity index (χ1v) is 10.1. The van der Waals surface area contributed by atoms with Gasteiger partial charge >= 0.3 is 0 Å². The zero-order valence-corrected chi connectivity index (χ0v) is 17.2. The molecule has 0 saturated carbocycles. The molecule has 1 aromatic heterocycles. The standard InChI is InChI=1S/C22H19BrFN3O2/c23-20-13-16(24)5-9-19(20)21-10-8-18(29-21)14-25-26-22(28)15-3-6-17(7-4-15)27-11-1-2-12-27/h3-10,13-14H,1-2,11-12H2,(H,26,28)/b25-14-. The number of rotatable bonds is 5. The molecule has 2 heterocycles. The first-order chi connectivity index (χ1) is 14.1. The Morgan fingerprint density at radius 2 is 1.86 bits per heavy atom. The minimum absolute atomic E-state index is 0.290. The second-order valence-corrected chi connectivity index (χ2v) is 7.62. The number of carbonyl (C=O) groups excluding carboxylic acids is 1. The Morgan fingerprint density at radius 3 is 2.59 bits per heavy atom. The largest absolute Gasteiger partial charge is 0.455 e. The van der Waals surface area contributed by atoms with Gasteiger partial charge in [-0.05, 0) is 83.4 Å². The Morgan fingerprint density at radius 1 is 1.10 bits per heavy atom. The molecule has 1 N–H and O–H groups in total. The zero-order valence-electron chi connectivity index (χ0n) is 15.6. The molecule has 2 aromatic carbocycles. The highest BCUT2D eigenvalue weighted by Crippen LogP contribution is 2.30. The molecule has 29 heavy (non-hydrogen) atoms. The summed E-state index contributed by atoms with van der Waals surface area (Å²) in [4.78, 5) is 14.6. The quantitative estimate of drug-likeness (QED) is 0.424. The second kappa shape index (κ2) is 8.61. The van der Waals surface area contributed by atoms with E-state index in [1.54, 1.807) is 30.3 Å². The molecule has 0 atom stereocenters. The highest BCUT2D eigenvalue weighted by Gasteiger charge is 2.13. The maximum atomic E-state index is 13.2. The van der Waals surface area contributed by atoms with E-state index >= 15 is 0 Å². The monoisotopic (exact) mass is 455 g/mol. The van der Waals surface area contributed by atoms with E-state index in [0.717, 1.165) is 24.3 Å². The average molecular weight is 456 g/mol. The SMILES string of the molecule is O=C(N/N=C\c1ccc(-c2ccc(F)cc2Br)o1)c1ccc(N2CCCC2)cc1. The van der Waals surface area contributed by atoms with Crippen LogP contribution in [0.1, 0.15) is 29.0 Å². The maximum absolute atomic E-state index is 13.2. The molecule has 0 spiro atoms. The van der Waals surface area contributed by atoms with Crippen LogP contribution in [0, 0.1) is 5.82 Å². The summed E-state index contributed by atoms with van der Waals surface area (Å²) in [5, 5.41) is 3.96. The summed E-state index contributed by atoms with van der Waals surface area (Å²) in [6, 6.07) is 15.4. The number of carbonyl (C=O) groups is 1. The van der Waals surface area contributed by atoms with Crippen molar-refractivity contribution >= 4 is 33.7 Å². The highest BCUT2D eigenvalue weighted by atomic mass is 79.9. The summed E-state index contributed by atoms with van der Waals surface area (Å²) in [7, 11) is 0. The van der Waals surface area contributed by atoms with Gasteiger partial charge in [-0.15, -0.1) is 0 Å². The summed E-state index contributed by atoms with van der Waals surface area (Å²) in [6.45, 7) is 2.13. The van der Waals surface area contributed by atoms with Crippen LogP contribution >= 0.6 is 15.9 Å². The van der Waals surface area contributed by atoms with Gasteiger partial charge in [0.25, 0.3) is 5.91 Å². The molecule has 5 nitrogen and oxygen atoms in total. The lowest BCUT2D eigenvalue weighted by atomic mass is 10.2. The Labute approximate surface area is 176 Å². The number of hydrogen-bond acceptors (Lipinski definition) is 4. The van der Waals surface area contributed by atoms with Gasteiger partial charge < -0.3 is 9.32 Å². The van der Waals surface area contributed by atoms with E-state index in [1.165, 1.54) is 31.2 Å². The molecule has 0 aliphatic carbocycles. The van der Waals surface area contributed by atoms with Crippen molar-refractivity contribution in [2.45, 2.75) is 12.8 Å². The fraction of sp³-hybridized carbons (Fsp3) is 0.182. The van der Waals surface area contributed by atoms with E-state index < -0.39 is 0 Å². The molecule has 148 valence electrons. The smallest absolute Gasteiger partial charge is 0.271 e. The van der Waals surface area contributed by atoms with E-state index in [9.17, 15) is 9.18 Å². The third kappa shape index (κ3) is 4.56. The van der Waals surface area contributed by atoms with E-state index in [1.807, 2.05) is 12.1 Å². The van der Waals surface area contributed by atoms with Crippen molar-refractivity contribution in [1.29, 1.82) is 0 Å². The third-order valence-corrected chi connectivity index (χ3v) is 5.44. The van der Waals surface area contributed by atoms with Gasteiger partial charge in [0.2, 0.25) is 0 Å². The first kappa shape index (κ1) is 19.4. The third-order valence-electron chi connectivity index (χ3n) is 4.78. The number of anilines is 1. The lowest BCUT2D eigenvalue weighted by molar-refractivity contribution is 0.0955. The number of nitrogens with zero attached hydrogens (tertiary/aromatic N) is 2. The predicted octanol–water partition coefficient (Wildman–Crippen LogP) is 5.21. The van der Waals surface area contributed by atoms with Crippen LogP contribution in [0.15, 0.2) is 68.6 Å². The van der Waals surface area contributed by atoms with E-state index in [0.29, 0.717) is 21.6 Å². The van der Waals surface area contributed by atoms with Crippen LogP contribution in [0.3, 0.4) is 0 Å². The number of furan rings is 1. The normalized spacial score (nSPS) is 13.9. The van der Waals surface area contributed by atoms with Crippen molar-refractivity contribution in [1.82, 2.24) is 5.43 Å². The number of benzene rings is 2. The fourth-order valence-electron chi connectivity index (χ4n) is 3.27. The van der Waals surface area contributed by atoms with Crippen LogP contribution < -0.4 is 10.3 Å².